The molecule has 1 fully saturated rings. The van der Waals surface area contributed by atoms with Crippen molar-refractivity contribution in [2.24, 2.45) is 5.92 Å². The van der Waals surface area contributed by atoms with E-state index in [9.17, 15) is 0 Å². The SMILES string of the molecule is CC(C)CNN1CCOCC1. The van der Waals surface area contributed by atoms with Gasteiger partial charge in [-0.1, -0.05) is 13.8 Å². The molecule has 0 aromatic carbocycles. The van der Waals surface area contributed by atoms with Crippen molar-refractivity contribution >= 4 is 0 Å². The molecular formula is C8H18N2O. The maximum Gasteiger partial charge on any atom is 0.0608 e. The summed E-state index contributed by atoms with van der Waals surface area (Å²) >= 11 is 0. The number of hydrogen-bond donors (Lipinski definition) is 1. The van der Waals surface area contributed by atoms with Gasteiger partial charge in [-0.15, -0.1) is 0 Å². The Morgan fingerprint density at radius 1 is 1.36 bits per heavy atom. The maximum atomic E-state index is 5.22. The summed E-state index contributed by atoms with van der Waals surface area (Å²) in [6.07, 6.45) is 0. The molecule has 0 unspecified atom stereocenters. The molecule has 1 rings (SSSR count). The van der Waals surface area contributed by atoms with E-state index in [2.05, 4.69) is 24.3 Å². The molecule has 0 spiro atoms. The van der Waals surface area contributed by atoms with Crippen LogP contribution >= 0.6 is 0 Å². The third-order valence-corrected chi connectivity index (χ3v) is 1.73. The lowest BCUT2D eigenvalue weighted by Gasteiger charge is -2.27. The van der Waals surface area contributed by atoms with E-state index in [0.29, 0.717) is 0 Å². The molecular weight excluding hydrogens is 140 g/mol. The van der Waals surface area contributed by atoms with E-state index >= 15 is 0 Å². The molecule has 0 aromatic rings. The van der Waals surface area contributed by atoms with Crippen LogP contribution in [0.2, 0.25) is 0 Å². The lowest BCUT2D eigenvalue weighted by molar-refractivity contribution is 0.0102. The first-order chi connectivity index (χ1) is 5.29. The number of hydrogen-bond acceptors (Lipinski definition) is 3. The van der Waals surface area contributed by atoms with Gasteiger partial charge in [0.2, 0.25) is 0 Å². The molecule has 0 saturated carbocycles. The summed E-state index contributed by atoms with van der Waals surface area (Å²) in [6, 6.07) is 0. The molecule has 11 heavy (non-hydrogen) atoms. The predicted octanol–water partition coefficient (Wildman–Crippen LogP) is 0.479. The molecule has 1 aliphatic rings. The zero-order chi connectivity index (χ0) is 8.10. The standard InChI is InChI=1S/C8H18N2O/c1-8(2)7-9-10-3-5-11-6-4-10/h8-9H,3-7H2,1-2H3. The number of hydrazine groups is 1. The molecule has 3 heteroatoms. The predicted molar refractivity (Wildman–Crippen MR) is 45.2 cm³/mol. The van der Waals surface area contributed by atoms with E-state index in [4.69, 9.17) is 4.74 Å². The van der Waals surface area contributed by atoms with Crippen LogP contribution in [0, 0.1) is 5.92 Å². The van der Waals surface area contributed by atoms with Crippen molar-refractivity contribution in [3.63, 3.8) is 0 Å². The van der Waals surface area contributed by atoms with Crippen molar-refractivity contribution in [2.75, 3.05) is 32.8 Å². The fourth-order valence-corrected chi connectivity index (χ4v) is 1.03. The van der Waals surface area contributed by atoms with Crippen molar-refractivity contribution in [2.45, 2.75) is 13.8 Å². The van der Waals surface area contributed by atoms with Crippen LogP contribution in [0.25, 0.3) is 0 Å². The maximum absolute atomic E-state index is 5.22. The van der Waals surface area contributed by atoms with Crippen molar-refractivity contribution in [3.8, 4) is 0 Å². The first-order valence-corrected chi connectivity index (χ1v) is 4.35. The van der Waals surface area contributed by atoms with Crippen LogP contribution in [0.15, 0.2) is 0 Å². The topological polar surface area (TPSA) is 24.5 Å². The van der Waals surface area contributed by atoms with E-state index in [1.165, 1.54) is 0 Å². The molecule has 1 aliphatic heterocycles. The number of nitrogens with zero attached hydrogens (tertiary/aromatic N) is 1. The summed E-state index contributed by atoms with van der Waals surface area (Å²) in [5.41, 5.74) is 3.37. The Morgan fingerprint density at radius 3 is 2.55 bits per heavy atom. The Morgan fingerprint density at radius 2 is 2.00 bits per heavy atom. The van der Waals surface area contributed by atoms with E-state index in [0.717, 1.165) is 38.8 Å². The van der Waals surface area contributed by atoms with E-state index in [1.54, 1.807) is 0 Å². The quantitative estimate of drug-likeness (QED) is 0.646. The highest BCUT2D eigenvalue weighted by Gasteiger charge is 2.08. The first kappa shape index (κ1) is 8.97. The number of morpholine rings is 1. The smallest absolute Gasteiger partial charge is 0.0608 e. The number of rotatable bonds is 3. The molecule has 0 aliphatic carbocycles. The van der Waals surface area contributed by atoms with Crippen LogP contribution in [-0.2, 0) is 4.74 Å². The van der Waals surface area contributed by atoms with E-state index in [1.807, 2.05) is 0 Å². The number of ether oxygens (including phenoxy) is 1. The van der Waals surface area contributed by atoms with Crippen molar-refractivity contribution in [3.05, 3.63) is 0 Å². The second-order valence-corrected chi connectivity index (χ2v) is 3.36. The fraction of sp³-hybridized carbons (Fsp3) is 1.00. The minimum Gasteiger partial charge on any atom is -0.379 e. The second kappa shape index (κ2) is 4.70. The highest BCUT2D eigenvalue weighted by Crippen LogP contribution is 1.94. The normalized spacial score (nSPS) is 21.0. The van der Waals surface area contributed by atoms with Gasteiger partial charge in [-0.3, -0.25) is 5.43 Å². The van der Waals surface area contributed by atoms with Gasteiger partial charge in [0.05, 0.1) is 13.2 Å². The molecule has 1 N–H and O–H groups in total. The third kappa shape index (κ3) is 3.70. The monoisotopic (exact) mass is 158 g/mol. The van der Waals surface area contributed by atoms with Crippen LogP contribution in [0.4, 0.5) is 0 Å². The van der Waals surface area contributed by atoms with Gasteiger partial charge in [-0.2, -0.15) is 0 Å². The van der Waals surface area contributed by atoms with Crippen LogP contribution in [-0.4, -0.2) is 37.9 Å². The zero-order valence-corrected chi connectivity index (χ0v) is 7.47. The summed E-state index contributed by atoms with van der Waals surface area (Å²) in [4.78, 5) is 0. The minimum absolute atomic E-state index is 0.720. The summed E-state index contributed by atoms with van der Waals surface area (Å²) in [5, 5.41) is 2.24. The Kier molecular flexibility index (Phi) is 3.83. The second-order valence-electron chi connectivity index (χ2n) is 3.36. The Bertz CT molecular complexity index is 100. The van der Waals surface area contributed by atoms with Crippen LogP contribution in [0.3, 0.4) is 0 Å². The zero-order valence-electron chi connectivity index (χ0n) is 7.47. The molecule has 0 amide bonds. The van der Waals surface area contributed by atoms with Gasteiger partial charge in [0.1, 0.15) is 0 Å². The summed E-state index contributed by atoms with van der Waals surface area (Å²) in [7, 11) is 0. The lowest BCUT2D eigenvalue weighted by Crippen LogP contribution is -2.46. The molecule has 1 heterocycles. The molecule has 0 atom stereocenters. The summed E-state index contributed by atoms with van der Waals surface area (Å²) in [6.45, 7) is 9.27. The van der Waals surface area contributed by atoms with Gasteiger partial charge in [0, 0.05) is 19.6 Å². The van der Waals surface area contributed by atoms with Crippen molar-refractivity contribution < 1.29 is 4.74 Å². The lowest BCUT2D eigenvalue weighted by atomic mass is 10.2. The highest BCUT2D eigenvalue weighted by atomic mass is 16.5. The van der Waals surface area contributed by atoms with E-state index < -0.39 is 0 Å². The van der Waals surface area contributed by atoms with E-state index in [-0.39, 0.29) is 0 Å². The molecule has 0 aromatic heterocycles. The minimum atomic E-state index is 0.720. The number of nitrogens with one attached hydrogen (secondary N) is 1. The molecule has 3 nitrogen and oxygen atoms in total. The molecule has 0 bridgehead atoms. The average molecular weight is 158 g/mol. The highest BCUT2D eigenvalue weighted by molar-refractivity contribution is 4.57. The molecule has 1 saturated heterocycles. The van der Waals surface area contributed by atoms with Gasteiger partial charge in [0.15, 0.2) is 0 Å². The van der Waals surface area contributed by atoms with Gasteiger partial charge in [-0.05, 0) is 5.92 Å². The average Bonchev–Trinajstić information content (AvgIpc) is 2.03. The summed E-state index contributed by atoms with van der Waals surface area (Å²) < 4.78 is 5.22. The molecule has 66 valence electrons. The Hall–Kier alpha value is -0.120. The van der Waals surface area contributed by atoms with Gasteiger partial charge >= 0.3 is 0 Å². The first-order valence-electron chi connectivity index (χ1n) is 4.35. The summed E-state index contributed by atoms with van der Waals surface area (Å²) in [5.74, 6) is 0.720. The Balaban J connectivity index is 2.05. The largest absolute Gasteiger partial charge is 0.379 e. The third-order valence-electron chi connectivity index (χ3n) is 1.73. The van der Waals surface area contributed by atoms with Crippen LogP contribution in [0.5, 0.6) is 0 Å². The van der Waals surface area contributed by atoms with Gasteiger partial charge < -0.3 is 4.74 Å². The Labute approximate surface area is 68.7 Å². The van der Waals surface area contributed by atoms with Crippen LogP contribution in [0.1, 0.15) is 13.8 Å². The molecule has 0 radical (unpaired) electrons. The van der Waals surface area contributed by atoms with Crippen molar-refractivity contribution in [1.29, 1.82) is 0 Å². The van der Waals surface area contributed by atoms with Crippen LogP contribution < -0.4 is 5.43 Å². The fourth-order valence-electron chi connectivity index (χ4n) is 1.03. The van der Waals surface area contributed by atoms with Crippen molar-refractivity contribution in [1.82, 2.24) is 10.4 Å². The van der Waals surface area contributed by atoms with Gasteiger partial charge in [-0.25, -0.2) is 5.01 Å². The van der Waals surface area contributed by atoms with Gasteiger partial charge in [0.25, 0.3) is 0 Å².